The lowest BCUT2D eigenvalue weighted by Gasteiger charge is -2.32. The molecule has 0 spiro atoms. The van der Waals surface area contributed by atoms with Crippen LogP contribution in [0.2, 0.25) is 0 Å². The van der Waals surface area contributed by atoms with Crippen molar-refractivity contribution in [2.75, 3.05) is 5.32 Å². The van der Waals surface area contributed by atoms with Crippen molar-refractivity contribution in [2.24, 2.45) is 0 Å². The molecule has 3 aromatic rings. The first kappa shape index (κ1) is 13.9. The molecule has 0 unspecified atom stereocenters. The maximum absolute atomic E-state index is 14.3. The first-order valence-corrected chi connectivity index (χ1v) is 7.69. The molecule has 23 heavy (non-hydrogen) atoms. The van der Waals surface area contributed by atoms with Gasteiger partial charge in [-0.25, -0.2) is 9.07 Å². The van der Waals surface area contributed by atoms with Crippen LogP contribution in [-0.2, 0) is 0 Å². The van der Waals surface area contributed by atoms with E-state index in [0.717, 1.165) is 6.42 Å². The molecule has 1 N–H and O–H groups in total. The van der Waals surface area contributed by atoms with Crippen LogP contribution in [0.4, 0.5) is 10.3 Å². The Morgan fingerprint density at radius 2 is 1.91 bits per heavy atom. The third-order valence-electron chi connectivity index (χ3n) is 4.37. The number of nitrogens with one attached hydrogen (secondary N) is 1. The lowest BCUT2D eigenvalue weighted by atomic mass is 9.93. The number of aryl methyl sites for hydroxylation is 1. The van der Waals surface area contributed by atoms with Crippen LogP contribution in [0.1, 0.15) is 35.2 Å². The highest BCUT2D eigenvalue weighted by molar-refractivity contribution is 5.38. The summed E-state index contributed by atoms with van der Waals surface area (Å²) in [5.74, 6) is 0.471. The molecule has 0 saturated heterocycles. The van der Waals surface area contributed by atoms with Crippen molar-refractivity contribution in [3.05, 3.63) is 77.4 Å². The van der Waals surface area contributed by atoms with E-state index in [2.05, 4.69) is 46.6 Å². The molecule has 0 bridgehead atoms. The summed E-state index contributed by atoms with van der Waals surface area (Å²) in [6.45, 7) is 2.07. The summed E-state index contributed by atoms with van der Waals surface area (Å²) in [6, 6.07) is 15.2. The van der Waals surface area contributed by atoms with E-state index < -0.39 is 0 Å². The molecular weight excluding hydrogens is 291 g/mol. The van der Waals surface area contributed by atoms with Gasteiger partial charge in [0.15, 0.2) is 0 Å². The van der Waals surface area contributed by atoms with Crippen LogP contribution in [0.5, 0.6) is 0 Å². The number of benzene rings is 2. The normalized spacial score (nSPS) is 19.9. The van der Waals surface area contributed by atoms with Crippen LogP contribution in [-0.4, -0.2) is 14.8 Å². The number of rotatable bonds is 2. The van der Waals surface area contributed by atoms with Gasteiger partial charge >= 0.3 is 0 Å². The van der Waals surface area contributed by atoms with Crippen molar-refractivity contribution in [2.45, 2.75) is 25.4 Å². The van der Waals surface area contributed by atoms with Gasteiger partial charge in [0.2, 0.25) is 5.95 Å². The zero-order valence-electron chi connectivity index (χ0n) is 12.8. The molecule has 1 aliphatic heterocycles. The fraction of sp³-hybridized carbons (Fsp3) is 0.222. The summed E-state index contributed by atoms with van der Waals surface area (Å²) in [6.07, 6.45) is 2.23. The van der Waals surface area contributed by atoms with Crippen molar-refractivity contribution in [1.82, 2.24) is 14.8 Å². The Morgan fingerprint density at radius 3 is 2.70 bits per heavy atom. The van der Waals surface area contributed by atoms with Gasteiger partial charge in [0.25, 0.3) is 0 Å². The van der Waals surface area contributed by atoms with Gasteiger partial charge in [-0.3, -0.25) is 0 Å². The molecule has 0 radical (unpaired) electrons. The first-order valence-electron chi connectivity index (χ1n) is 7.69. The number of hydrogen-bond acceptors (Lipinski definition) is 3. The average molecular weight is 308 g/mol. The molecule has 0 saturated carbocycles. The zero-order valence-corrected chi connectivity index (χ0v) is 12.8. The van der Waals surface area contributed by atoms with E-state index in [1.165, 1.54) is 23.5 Å². The van der Waals surface area contributed by atoms with Crippen LogP contribution in [0.3, 0.4) is 0 Å². The van der Waals surface area contributed by atoms with E-state index in [1.54, 1.807) is 10.7 Å². The first-order chi connectivity index (χ1) is 11.2. The summed E-state index contributed by atoms with van der Waals surface area (Å²) in [7, 11) is 0. The van der Waals surface area contributed by atoms with Gasteiger partial charge in [0.1, 0.15) is 12.1 Å². The van der Waals surface area contributed by atoms with E-state index >= 15 is 0 Å². The molecule has 5 heteroatoms. The maximum Gasteiger partial charge on any atom is 0.222 e. The van der Waals surface area contributed by atoms with Crippen molar-refractivity contribution in [1.29, 1.82) is 0 Å². The molecule has 1 aliphatic rings. The molecular formula is C18H17FN4. The van der Waals surface area contributed by atoms with Gasteiger partial charge in [-0.15, -0.1) is 0 Å². The van der Waals surface area contributed by atoms with Crippen molar-refractivity contribution in [3.63, 3.8) is 0 Å². The Balaban J connectivity index is 1.75. The van der Waals surface area contributed by atoms with Gasteiger partial charge in [-0.2, -0.15) is 10.1 Å². The second kappa shape index (κ2) is 5.50. The Hall–Kier alpha value is -2.69. The quantitative estimate of drug-likeness (QED) is 0.781. The summed E-state index contributed by atoms with van der Waals surface area (Å²) in [4.78, 5) is 4.27. The van der Waals surface area contributed by atoms with E-state index in [9.17, 15) is 4.39 Å². The second-order valence-corrected chi connectivity index (χ2v) is 5.91. The summed E-state index contributed by atoms with van der Waals surface area (Å²) in [5, 5.41) is 7.67. The number of hydrogen-bond donors (Lipinski definition) is 1. The van der Waals surface area contributed by atoms with Crippen molar-refractivity contribution < 1.29 is 4.39 Å². The highest BCUT2D eigenvalue weighted by atomic mass is 19.1. The molecule has 2 heterocycles. The van der Waals surface area contributed by atoms with Gasteiger partial charge in [-0.05, 0) is 25.0 Å². The number of aromatic nitrogens is 3. The van der Waals surface area contributed by atoms with Crippen molar-refractivity contribution in [3.8, 4) is 0 Å². The van der Waals surface area contributed by atoms with Crippen molar-refractivity contribution >= 4 is 5.95 Å². The highest BCUT2D eigenvalue weighted by Crippen LogP contribution is 2.37. The molecule has 0 amide bonds. The van der Waals surface area contributed by atoms with Gasteiger partial charge in [-0.1, -0.05) is 48.0 Å². The average Bonchev–Trinajstić information content (AvgIpc) is 3.04. The van der Waals surface area contributed by atoms with Crippen LogP contribution in [0.25, 0.3) is 0 Å². The maximum atomic E-state index is 14.3. The lowest BCUT2D eigenvalue weighted by molar-refractivity contribution is 0.416. The minimum absolute atomic E-state index is 0.0805. The van der Waals surface area contributed by atoms with Crippen LogP contribution >= 0.6 is 0 Å². The van der Waals surface area contributed by atoms with Crippen LogP contribution in [0.15, 0.2) is 54.9 Å². The van der Waals surface area contributed by atoms with Crippen LogP contribution in [0, 0.1) is 12.7 Å². The standard InChI is InChI=1S/C18H17FN4/c1-12-6-8-13(9-7-12)16-10-17(14-4-2-3-5-15(14)19)23-18(22-16)20-11-21-23/h2-9,11,16-17H,10H2,1H3,(H,20,21,22)/t16-,17-/m0/s1. The molecule has 0 fully saturated rings. The topological polar surface area (TPSA) is 42.7 Å². The molecule has 4 nitrogen and oxygen atoms in total. The number of nitrogens with zero attached hydrogens (tertiary/aromatic N) is 3. The SMILES string of the molecule is Cc1ccc([C@@H]2C[C@@H](c3ccccc3F)n3ncnc3N2)cc1. The van der Waals surface area contributed by atoms with E-state index in [0.29, 0.717) is 11.5 Å². The third-order valence-corrected chi connectivity index (χ3v) is 4.37. The zero-order chi connectivity index (χ0) is 15.8. The Kier molecular flexibility index (Phi) is 3.33. The fourth-order valence-corrected chi connectivity index (χ4v) is 3.14. The predicted octanol–water partition coefficient (Wildman–Crippen LogP) is 3.87. The minimum atomic E-state index is -0.205. The van der Waals surface area contributed by atoms with Gasteiger partial charge in [0, 0.05) is 5.56 Å². The lowest BCUT2D eigenvalue weighted by Crippen LogP contribution is -2.28. The molecule has 0 aliphatic carbocycles. The monoisotopic (exact) mass is 308 g/mol. The fourth-order valence-electron chi connectivity index (χ4n) is 3.14. The van der Waals surface area contributed by atoms with Gasteiger partial charge in [0.05, 0.1) is 12.1 Å². The second-order valence-electron chi connectivity index (χ2n) is 5.91. The number of anilines is 1. The number of fused-ring (bicyclic) bond motifs is 1. The summed E-state index contributed by atoms with van der Waals surface area (Å²) < 4.78 is 16.0. The summed E-state index contributed by atoms with van der Waals surface area (Å²) >= 11 is 0. The molecule has 2 aromatic carbocycles. The van der Waals surface area contributed by atoms with E-state index in [1.807, 2.05) is 12.1 Å². The predicted molar refractivity (Wildman–Crippen MR) is 86.7 cm³/mol. The molecule has 116 valence electrons. The van der Waals surface area contributed by atoms with E-state index in [4.69, 9.17) is 0 Å². The minimum Gasteiger partial charge on any atom is -0.348 e. The van der Waals surface area contributed by atoms with Gasteiger partial charge < -0.3 is 5.32 Å². The number of halogens is 1. The smallest absolute Gasteiger partial charge is 0.222 e. The summed E-state index contributed by atoms with van der Waals surface area (Å²) in [5.41, 5.74) is 3.04. The van der Waals surface area contributed by atoms with E-state index in [-0.39, 0.29) is 17.9 Å². The third kappa shape index (κ3) is 2.48. The highest BCUT2D eigenvalue weighted by Gasteiger charge is 2.31. The Bertz CT molecular complexity index is 825. The molecule has 2 atom stereocenters. The largest absolute Gasteiger partial charge is 0.348 e. The van der Waals surface area contributed by atoms with Crippen LogP contribution < -0.4 is 5.32 Å². The Labute approximate surface area is 134 Å². The molecule has 4 rings (SSSR count). The molecule has 1 aromatic heterocycles. The Morgan fingerprint density at radius 1 is 1.13 bits per heavy atom.